The Hall–Kier alpha value is -1.00. The van der Waals surface area contributed by atoms with E-state index >= 15 is 0 Å². The Morgan fingerprint density at radius 1 is 1.43 bits per heavy atom. The molecule has 72 valence electrons. The molecule has 0 spiro atoms. The number of hydrogen-bond acceptors (Lipinski definition) is 4. The minimum Gasteiger partial charge on any atom is -0.241 e. The van der Waals surface area contributed by atoms with E-state index in [2.05, 4.69) is 15.0 Å². The van der Waals surface area contributed by atoms with Gasteiger partial charge in [-0.05, 0) is 12.5 Å². The van der Waals surface area contributed by atoms with Crippen LogP contribution in [0.2, 0.25) is 5.15 Å². The Morgan fingerprint density at radius 2 is 2.29 bits per heavy atom. The molecule has 0 saturated carbocycles. The van der Waals surface area contributed by atoms with E-state index in [0.29, 0.717) is 11.0 Å². The van der Waals surface area contributed by atoms with Crippen molar-refractivity contribution >= 4 is 22.9 Å². The summed E-state index contributed by atoms with van der Waals surface area (Å²) < 4.78 is 0. The monoisotopic (exact) mass is 225 g/mol. The SMILES string of the molecule is CCc1cc(Cl)nc(-c2nccs2)n1. The second-order valence-electron chi connectivity index (χ2n) is 2.70. The average molecular weight is 226 g/mol. The van der Waals surface area contributed by atoms with Crippen LogP contribution in [0.3, 0.4) is 0 Å². The van der Waals surface area contributed by atoms with Crippen molar-refractivity contribution in [1.82, 2.24) is 15.0 Å². The van der Waals surface area contributed by atoms with Gasteiger partial charge in [0.1, 0.15) is 5.15 Å². The molecule has 0 fully saturated rings. The standard InChI is InChI=1S/C9H8ClN3S/c1-2-6-5-7(10)13-8(12-6)9-11-3-4-14-9/h3-5H,2H2,1H3. The van der Waals surface area contributed by atoms with Crippen LogP contribution >= 0.6 is 22.9 Å². The van der Waals surface area contributed by atoms with Crippen LogP contribution < -0.4 is 0 Å². The van der Waals surface area contributed by atoms with Gasteiger partial charge in [-0.3, -0.25) is 0 Å². The summed E-state index contributed by atoms with van der Waals surface area (Å²) >= 11 is 7.38. The number of rotatable bonds is 2. The Kier molecular flexibility index (Phi) is 2.74. The molecule has 0 amide bonds. The number of aryl methyl sites for hydroxylation is 1. The van der Waals surface area contributed by atoms with E-state index in [1.165, 1.54) is 11.3 Å². The average Bonchev–Trinajstić information content (AvgIpc) is 2.69. The number of aromatic nitrogens is 3. The fraction of sp³-hybridized carbons (Fsp3) is 0.222. The van der Waals surface area contributed by atoms with E-state index in [-0.39, 0.29) is 0 Å². The molecule has 0 radical (unpaired) electrons. The zero-order valence-corrected chi connectivity index (χ0v) is 9.14. The lowest BCUT2D eigenvalue weighted by Gasteiger charge is -1.99. The highest BCUT2D eigenvalue weighted by Gasteiger charge is 2.06. The third-order valence-corrected chi connectivity index (χ3v) is 2.70. The van der Waals surface area contributed by atoms with Gasteiger partial charge in [-0.1, -0.05) is 18.5 Å². The first-order valence-corrected chi connectivity index (χ1v) is 5.48. The molecule has 5 heteroatoms. The molecule has 0 aliphatic rings. The van der Waals surface area contributed by atoms with Gasteiger partial charge in [-0.25, -0.2) is 15.0 Å². The lowest BCUT2D eigenvalue weighted by molar-refractivity contribution is 1.00. The molecule has 0 saturated heterocycles. The van der Waals surface area contributed by atoms with Gasteiger partial charge in [0.05, 0.1) is 0 Å². The Balaban J connectivity index is 2.48. The summed E-state index contributed by atoms with van der Waals surface area (Å²) in [5, 5.41) is 3.18. The first-order valence-electron chi connectivity index (χ1n) is 4.23. The first kappa shape index (κ1) is 9.55. The fourth-order valence-electron chi connectivity index (χ4n) is 1.07. The maximum Gasteiger partial charge on any atom is 0.190 e. The second-order valence-corrected chi connectivity index (χ2v) is 3.98. The molecule has 2 aromatic heterocycles. The molecule has 0 aromatic carbocycles. The van der Waals surface area contributed by atoms with E-state index in [1.54, 1.807) is 12.3 Å². The quantitative estimate of drug-likeness (QED) is 0.738. The van der Waals surface area contributed by atoms with Crippen LogP contribution in [0.25, 0.3) is 10.8 Å². The molecule has 2 aromatic rings. The van der Waals surface area contributed by atoms with Crippen molar-refractivity contribution < 1.29 is 0 Å². The van der Waals surface area contributed by atoms with Crippen molar-refractivity contribution in [2.24, 2.45) is 0 Å². The van der Waals surface area contributed by atoms with Crippen LogP contribution in [0.4, 0.5) is 0 Å². The lowest BCUT2D eigenvalue weighted by atomic mass is 10.3. The smallest absolute Gasteiger partial charge is 0.190 e. The molecule has 2 heterocycles. The lowest BCUT2D eigenvalue weighted by Crippen LogP contribution is -1.94. The Labute approximate surface area is 90.8 Å². The molecule has 0 unspecified atom stereocenters. The van der Waals surface area contributed by atoms with E-state index < -0.39 is 0 Å². The molecule has 3 nitrogen and oxygen atoms in total. The summed E-state index contributed by atoms with van der Waals surface area (Å²) in [5.74, 6) is 0.615. The maximum absolute atomic E-state index is 5.87. The van der Waals surface area contributed by atoms with Gasteiger partial charge in [0.15, 0.2) is 10.8 Å². The van der Waals surface area contributed by atoms with Crippen LogP contribution in [0, 0.1) is 0 Å². The highest BCUT2D eigenvalue weighted by molar-refractivity contribution is 7.13. The van der Waals surface area contributed by atoms with Crippen molar-refractivity contribution in [2.45, 2.75) is 13.3 Å². The van der Waals surface area contributed by atoms with Gasteiger partial charge in [-0.2, -0.15) is 0 Å². The molecule has 0 aliphatic heterocycles. The summed E-state index contributed by atoms with van der Waals surface area (Å²) in [6.45, 7) is 2.03. The van der Waals surface area contributed by atoms with Crippen LogP contribution in [0.1, 0.15) is 12.6 Å². The van der Waals surface area contributed by atoms with Gasteiger partial charge < -0.3 is 0 Å². The summed E-state index contributed by atoms with van der Waals surface area (Å²) in [6.07, 6.45) is 2.58. The number of thiazole rings is 1. The zero-order valence-electron chi connectivity index (χ0n) is 7.57. The van der Waals surface area contributed by atoms with E-state index in [4.69, 9.17) is 11.6 Å². The van der Waals surface area contributed by atoms with Gasteiger partial charge in [0.2, 0.25) is 0 Å². The van der Waals surface area contributed by atoms with Crippen molar-refractivity contribution in [3.05, 3.63) is 28.5 Å². The molecule has 0 atom stereocenters. The largest absolute Gasteiger partial charge is 0.241 e. The molecular formula is C9H8ClN3S. The molecule has 0 bridgehead atoms. The molecule has 0 aliphatic carbocycles. The number of nitrogens with zero attached hydrogens (tertiary/aromatic N) is 3. The van der Waals surface area contributed by atoms with E-state index in [0.717, 1.165) is 17.1 Å². The summed E-state index contributed by atoms with van der Waals surface area (Å²) in [7, 11) is 0. The normalized spacial score (nSPS) is 10.4. The third kappa shape index (κ3) is 1.91. The second kappa shape index (κ2) is 4.02. The predicted octanol–water partition coefficient (Wildman–Crippen LogP) is 2.82. The van der Waals surface area contributed by atoms with Crippen LogP contribution in [-0.4, -0.2) is 15.0 Å². The molecule has 14 heavy (non-hydrogen) atoms. The van der Waals surface area contributed by atoms with Crippen LogP contribution in [0.15, 0.2) is 17.6 Å². The first-order chi connectivity index (χ1) is 6.79. The predicted molar refractivity (Wildman–Crippen MR) is 57.5 cm³/mol. The minimum absolute atomic E-state index is 0.474. The van der Waals surface area contributed by atoms with E-state index in [9.17, 15) is 0 Å². The van der Waals surface area contributed by atoms with Crippen molar-refractivity contribution in [3.8, 4) is 10.8 Å². The van der Waals surface area contributed by atoms with Gasteiger partial charge >= 0.3 is 0 Å². The number of hydrogen-bond donors (Lipinski definition) is 0. The molecule has 2 rings (SSSR count). The van der Waals surface area contributed by atoms with Crippen LogP contribution in [0.5, 0.6) is 0 Å². The van der Waals surface area contributed by atoms with Crippen molar-refractivity contribution in [3.63, 3.8) is 0 Å². The van der Waals surface area contributed by atoms with Gasteiger partial charge in [0.25, 0.3) is 0 Å². The van der Waals surface area contributed by atoms with Crippen molar-refractivity contribution in [2.75, 3.05) is 0 Å². The van der Waals surface area contributed by atoms with Gasteiger partial charge in [0, 0.05) is 17.3 Å². The van der Waals surface area contributed by atoms with Crippen molar-refractivity contribution in [1.29, 1.82) is 0 Å². The third-order valence-electron chi connectivity index (χ3n) is 1.73. The number of halogens is 1. The van der Waals surface area contributed by atoms with Gasteiger partial charge in [-0.15, -0.1) is 11.3 Å². The summed E-state index contributed by atoms with van der Waals surface area (Å²) in [5.41, 5.74) is 0.940. The topological polar surface area (TPSA) is 38.7 Å². The summed E-state index contributed by atoms with van der Waals surface area (Å²) in [6, 6.07) is 1.78. The van der Waals surface area contributed by atoms with E-state index in [1.807, 2.05) is 12.3 Å². The zero-order chi connectivity index (χ0) is 9.97. The highest BCUT2D eigenvalue weighted by atomic mass is 35.5. The summed E-state index contributed by atoms with van der Waals surface area (Å²) in [4.78, 5) is 12.6. The molecular weight excluding hydrogens is 218 g/mol. The fourth-order valence-corrected chi connectivity index (χ4v) is 1.85. The molecule has 0 N–H and O–H groups in total. The highest BCUT2D eigenvalue weighted by Crippen LogP contribution is 2.20. The Morgan fingerprint density at radius 3 is 2.93 bits per heavy atom. The minimum atomic E-state index is 0.474. The van der Waals surface area contributed by atoms with Crippen LogP contribution in [-0.2, 0) is 6.42 Å². The maximum atomic E-state index is 5.87. The Bertz CT molecular complexity index is 428.